The summed E-state index contributed by atoms with van der Waals surface area (Å²) in [6.07, 6.45) is 0.661. The number of benzene rings is 2. The lowest BCUT2D eigenvalue weighted by Gasteiger charge is -2.15. The molecule has 21 heavy (non-hydrogen) atoms. The van der Waals surface area contributed by atoms with E-state index in [9.17, 15) is 9.50 Å². The van der Waals surface area contributed by atoms with Gasteiger partial charge in [-0.05, 0) is 48.4 Å². The first-order chi connectivity index (χ1) is 10.2. The van der Waals surface area contributed by atoms with E-state index >= 15 is 0 Å². The van der Waals surface area contributed by atoms with Gasteiger partial charge in [-0.1, -0.05) is 12.1 Å². The predicted octanol–water partition coefficient (Wildman–Crippen LogP) is 3.38. The minimum atomic E-state index is -0.273. The van der Waals surface area contributed by atoms with Crippen LogP contribution in [0.2, 0.25) is 0 Å². The van der Waals surface area contributed by atoms with Gasteiger partial charge in [0.25, 0.3) is 0 Å². The van der Waals surface area contributed by atoms with Gasteiger partial charge < -0.3 is 14.6 Å². The van der Waals surface area contributed by atoms with Gasteiger partial charge in [0.15, 0.2) is 0 Å². The van der Waals surface area contributed by atoms with Gasteiger partial charge in [-0.25, -0.2) is 4.39 Å². The molecule has 1 unspecified atom stereocenters. The van der Waals surface area contributed by atoms with Gasteiger partial charge in [-0.15, -0.1) is 0 Å². The first-order valence-corrected chi connectivity index (χ1v) is 6.86. The number of rotatable bonds is 7. The van der Waals surface area contributed by atoms with Crippen LogP contribution in [-0.4, -0.2) is 25.4 Å². The van der Waals surface area contributed by atoms with Crippen LogP contribution in [0.25, 0.3) is 0 Å². The fourth-order valence-corrected chi connectivity index (χ4v) is 2.09. The first kappa shape index (κ1) is 15.3. The third kappa shape index (κ3) is 4.46. The van der Waals surface area contributed by atoms with Gasteiger partial charge in [0.2, 0.25) is 0 Å². The molecule has 1 N–H and O–H groups in total. The summed E-state index contributed by atoms with van der Waals surface area (Å²) in [5, 5.41) is 9.45. The molecule has 0 bridgehead atoms. The normalized spacial score (nSPS) is 12.0. The highest BCUT2D eigenvalue weighted by molar-refractivity contribution is 5.31. The fraction of sp³-hybridized carbons (Fsp3) is 0.294. The molecule has 0 amide bonds. The molecule has 0 heterocycles. The highest BCUT2D eigenvalue weighted by Gasteiger charge is 2.10. The highest BCUT2D eigenvalue weighted by Crippen LogP contribution is 2.21. The molecule has 2 rings (SSSR count). The van der Waals surface area contributed by atoms with Gasteiger partial charge in [0.1, 0.15) is 17.3 Å². The monoisotopic (exact) mass is 290 g/mol. The molecule has 0 aliphatic heterocycles. The number of hydrogen-bond donors (Lipinski definition) is 1. The molecule has 0 radical (unpaired) electrons. The number of methoxy groups -OCH3 is 1. The smallest absolute Gasteiger partial charge is 0.123 e. The van der Waals surface area contributed by atoms with Crippen LogP contribution in [0.4, 0.5) is 4.39 Å². The van der Waals surface area contributed by atoms with Crippen molar-refractivity contribution >= 4 is 0 Å². The molecule has 0 fully saturated rings. The van der Waals surface area contributed by atoms with Crippen LogP contribution in [0.3, 0.4) is 0 Å². The molecule has 3 nitrogen and oxygen atoms in total. The zero-order valence-corrected chi connectivity index (χ0v) is 12.0. The maximum atomic E-state index is 12.9. The summed E-state index contributed by atoms with van der Waals surface area (Å²) in [4.78, 5) is 0. The Bertz CT molecular complexity index is 537. The summed E-state index contributed by atoms with van der Waals surface area (Å²) >= 11 is 0. The molecular formula is C17H19FO3. The van der Waals surface area contributed by atoms with E-state index in [1.807, 2.05) is 24.3 Å². The van der Waals surface area contributed by atoms with Crippen molar-refractivity contribution in [1.82, 2.24) is 0 Å². The first-order valence-electron chi connectivity index (χ1n) is 6.86. The zero-order valence-electron chi connectivity index (χ0n) is 12.0. The quantitative estimate of drug-likeness (QED) is 0.849. The van der Waals surface area contributed by atoms with Gasteiger partial charge in [0.05, 0.1) is 20.3 Å². The highest BCUT2D eigenvalue weighted by atomic mass is 19.1. The van der Waals surface area contributed by atoms with Crippen LogP contribution in [0.15, 0.2) is 48.5 Å². The van der Waals surface area contributed by atoms with E-state index in [4.69, 9.17) is 9.47 Å². The lowest BCUT2D eigenvalue weighted by atomic mass is 9.97. The molecule has 0 aliphatic carbocycles. The summed E-state index contributed by atoms with van der Waals surface area (Å²) in [5.74, 6) is 1.21. The zero-order chi connectivity index (χ0) is 15.1. The third-order valence-corrected chi connectivity index (χ3v) is 3.36. The Labute approximate surface area is 124 Å². The van der Waals surface area contributed by atoms with Gasteiger partial charge in [-0.2, -0.15) is 0 Å². The molecule has 0 aromatic heterocycles. The summed E-state index contributed by atoms with van der Waals surface area (Å²) in [6, 6.07) is 13.5. The second-order valence-electron chi connectivity index (χ2n) is 4.74. The lowest BCUT2D eigenvalue weighted by Crippen LogP contribution is -2.09. The Hall–Kier alpha value is -2.07. The molecular weight excluding hydrogens is 271 g/mol. The van der Waals surface area contributed by atoms with Crippen LogP contribution in [0, 0.1) is 5.82 Å². The Balaban J connectivity index is 1.86. The van der Waals surface area contributed by atoms with Crippen LogP contribution >= 0.6 is 0 Å². The van der Waals surface area contributed by atoms with Crippen molar-refractivity contribution in [3.05, 3.63) is 59.9 Å². The molecule has 112 valence electrons. The second kappa shape index (κ2) is 7.64. The number of halogens is 1. The molecule has 0 aliphatic rings. The standard InChI is InChI=1S/C17H19FO3/c1-20-16-6-8-17(9-7-16)21-11-10-14(12-19)13-2-4-15(18)5-3-13/h2-9,14,19H,10-12H2,1H3. The Morgan fingerprint density at radius 1 is 1.00 bits per heavy atom. The second-order valence-corrected chi connectivity index (χ2v) is 4.74. The topological polar surface area (TPSA) is 38.7 Å². The Morgan fingerprint density at radius 3 is 2.19 bits per heavy atom. The predicted molar refractivity (Wildman–Crippen MR) is 79.3 cm³/mol. The van der Waals surface area contributed by atoms with E-state index in [-0.39, 0.29) is 18.3 Å². The van der Waals surface area contributed by atoms with Gasteiger partial charge >= 0.3 is 0 Å². The third-order valence-electron chi connectivity index (χ3n) is 3.36. The molecule has 0 spiro atoms. The molecule has 2 aromatic carbocycles. The lowest BCUT2D eigenvalue weighted by molar-refractivity contribution is 0.229. The van der Waals surface area contributed by atoms with E-state index in [1.165, 1.54) is 12.1 Å². The van der Waals surface area contributed by atoms with Crippen molar-refractivity contribution in [3.63, 3.8) is 0 Å². The molecule has 1 atom stereocenters. The SMILES string of the molecule is COc1ccc(OCCC(CO)c2ccc(F)cc2)cc1. The average Bonchev–Trinajstić information content (AvgIpc) is 2.53. The fourth-order valence-electron chi connectivity index (χ4n) is 2.09. The summed E-state index contributed by atoms with van der Waals surface area (Å²) in [6.45, 7) is 0.493. The number of aliphatic hydroxyl groups is 1. The van der Waals surface area contributed by atoms with Crippen LogP contribution in [0.5, 0.6) is 11.5 Å². The number of ether oxygens (including phenoxy) is 2. The maximum Gasteiger partial charge on any atom is 0.123 e. The Kier molecular flexibility index (Phi) is 5.58. The minimum Gasteiger partial charge on any atom is -0.497 e. The van der Waals surface area contributed by atoms with Crippen molar-refractivity contribution in [2.75, 3.05) is 20.3 Å². The minimum absolute atomic E-state index is 0.0115. The van der Waals surface area contributed by atoms with Crippen LogP contribution in [0.1, 0.15) is 17.9 Å². The number of hydrogen-bond acceptors (Lipinski definition) is 3. The van der Waals surface area contributed by atoms with E-state index in [2.05, 4.69) is 0 Å². The van der Waals surface area contributed by atoms with E-state index < -0.39 is 0 Å². The summed E-state index contributed by atoms with van der Waals surface area (Å²) in [5.41, 5.74) is 0.914. The van der Waals surface area contributed by atoms with Crippen molar-refractivity contribution in [3.8, 4) is 11.5 Å². The van der Waals surface area contributed by atoms with Gasteiger partial charge in [0, 0.05) is 5.92 Å². The number of aliphatic hydroxyl groups excluding tert-OH is 1. The average molecular weight is 290 g/mol. The largest absolute Gasteiger partial charge is 0.497 e. The molecule has 0 saturated heterocycles. The van der Waals surface area contributed by atoms with Crippen molar-refractivity contribution in [1.29, 1.82) is 0 Å². The van der Waals surface area contributed by atoms with E-state index in [0.717, 1.165) is 17.1 Å². The van der Waals surface area contributed by atoms with Crippen molar-refractivity contribution in [2.24, 2.45) is 0 Å². The van der Waals surface area contributed by atoms with E-state index in [0.29, 0.717) is 13.0 Å². The van der Waals surface area contributed by atoms with E-state index in [1.54, 1.807) is 19.2 Å². The van der Waals surface area contributed by atoms with Gasteiger partial charge in [-0.3, -0.25) is 0 Å². The van der Waals surface area contributed by atoms with Crippen molar-refractivity contribution < 1.29 is 19.0 Å². The molecule has 0 saturated carbocycles. The Morgan fingerprint density at radius 2 is 1.62 bits per heavy atom. The van der Waals surface area contributed by atoms with Crippen LogP contribution in [-0.2, 0) is 0 Å². The van der Waals surface area contributed by atoms with Crippen molar-refractivity contribution in [2.45, 2.75) is 12.3 Å². The maximum absolute atomic E-state index is 12.9. The summed E-state index contributed by atoms with van der Waals surface area (Å²) < 4.78 is 23.6. The summed E-state index contributed by atoms with van der Waals surface area (Å²) in [7, 11) is 1.62. The molecule has 2 aromatic rings. The molecule has 4 heteroatoms. The van der Waals surface area contributed by atoms with Crippen LogP contribution < -0.4 is 9.47 Å².